The summed E-state index contributed by atoms with van der Waals surface area (Å²) in [5.74, 6) is 0. The van der Waals surface area contributed by atoms with Crippen molar-refractivity contribution in [1.82, 2.24) is 5.32 Å². The van der Waals surface area contributed by atoms with Crippen molar-refractivity contribution in [1.29, 1.82) is 0 Å². The fourth-order valence-electron chi connectivity index (χ4n) is 1.16. The molecule has 0 unspecified atom stereocenters. The van der Waals surface area contributed by atoms with E-state index in [2.05, 4.69) is 12.2 Å². The first kappa shape index (κ1) is 11.9. The maximum atomic E-state index is 5.02. The van der Waals surface area contributed by atoms with Gasteiger partial charge in [0, 0.05) is 33.5 Å². The molecular formula is C9H21NO2. The third-order valence-corrected chi connectivity index (χ3v) is 1.83. The van der Waals surface area contributed by atoms with Crippen LogP contribution in [-0.2, 0) is 9.47 Å². The van der Waals surface area contributed by atoms with E-state index < -0.39 is 0 Å². The molecule has 0 fully saturated rings. The highest BCUT2D eigenvalue weighted by atomic mass is 16.5. The van der Waals surface area contributed by atoms with Gasteiger partial charge in [-0.3, -0.25) is 0 Å². The first-order chi connectivity index (χ1) is 5.85. The fraction of sp³-hybridized carbons (Fsp3) is 1.00. The Balaban J connectivity index is 3.40. The van der Waals surface area contributed by atoms with Crippen LogP contribution in [0.25, 0.3) is 0 Å². The molecule has 0 aliphatic rings. The van der Waals surface area contributed by atoms with Gasteiger partial charge in [0.1, 0.15) is 0 Å². The molecular weight excluding hydrogens is 154 g/mol. The predicted molar refractivity (Wildman–Crippen MR) is 50.5 cm³/mol. The minimum absolute atomic E-state index is 0.537. The Labute approximate surface area is 75.4 Å². The summed E-state index contributed by atoms with van der Waals surface area (Å²) < 4.78 is 10.0. The van der Waals surface area contributed by atoms with E-state index in [-0.39, 0.29) is 0 Å². The quantitative estimate of drug-likeness (QED) is 0.598. The molecule has 0 aromatic rings. The fourth-order valence-corrected chi connectivity index (χ4v) is 1.16. The summed E-state index contributed by atoms with van der Waals surface area (Å²) in [5.41, 5.74) is 0. The van der Waals surface area contributed by atoms with Crippen molar-refractivity contribution in [3.63, 3.8) is 0 Å². The smallest absolute Gasteiger partial charge is 0.0477 e. The summed E-state index contributed by atoms with van der Waals surface area (Å²) in [5, 5.41) is 3.39. The zero-order chi connectivity index (χ0) is 9.23. The Morgan fingerprint density at radius 2 is 1.58 bits per heavy atom. The predicted octanol–water partition coefficient (Wildman–Crippen LogP) is 1.04. The zero-order valence-electron chi connectivity index (χ0n) is 8.43. The SMILES string of the molecule is CCNC(CCOC)CCOC. The molecule has 3 heteroatoms. The van der Waals surface area contributed by atoms with Crippen LogP contribution in [0.1, 0.15) is 19.8 Å². The Bertz CT molecular complexity index is 80.6. The second-order valence-corrected chi connectivity index (χ2v) is 2.82. The topological polar surface area (TPSA) is 30.5 Å². The molecule has 0 amide bonds. The van der Waals surface area contributed by atoms with E-state index in [0.717, 1.165) is 32.6 Å². The molecule has 1 N–H and O–H groups in total. The van der Waals surface area contributed by atoms with Gasteiger partial charge in [-0.25, -0.2) is 0 Å². The first-order valence-corrected chi connectivity index (χ1v) is 4.56. The highest BCUT2D eigenvalue weighted by Gasteiger charge is 2.05. The van der Waals surface area contributed by atoms with E-state index in [1.54, 1.807) is 14.2 Å². The minimum Gasteiger partial charge on any atom is -0.385 e. The lowest BCUT2D eigenvalue weighted by Gasteiger charge is -2.16. The highest BCUT2D eigenvalue weighted by Crippen LogP contribution is 1.98. The molecule has 12 heavy (non-hydrogen) atoms. The molecule has 0 atom stereocenters. The number of ether oxygens (including phenoxy) is 2. The highest BCUT2D eigenvalue weighted by molar-refractivity contribution is 4.64. The second kappa shape index (κ2) is 8.97. The van der Waals surface area contributed by atoms with Crippen molar-refractivity contribution < 1.29 is 9.47 Å². The van der Waals surface area contributed by atoms with Gasteiger partial charge < -0.3 is 14.8 Å². The maximum absolute atomic E-state index is 5.02. The molecule has 0 saturated heterocycles. The van der Waals surface area contributed by atoms with Gasteiger partial charge in [-0.1, -0.05) is 6.92 Å². The molecule has 0 aromatic heterocycles. The normalized spacial score (nSPS) is 11.0. The summed E-state index contributed by atoms with van der Waals surface area (Å²) >= 11 is 0. The Hall–Kier alpha value is -0.120. The van der Waals surface area contributed by atoms with Gasteiger partial charge in [0.15, 0.2) is 0 Å². The summed E-state index contributed by atoms with van der Waals surface area (Å²) in [6.07, 6.45) is 2.13. The summed E-state index contributed by atoms with van der Waals surface area (Å²) in [6.45, 7) is 4.77. The van der Waals surface area contributed by atoms with Crippen molar-refractivity contribution in [3.05, 3.63) is 0 Å². The van der Waals surface area contributed by atoms with E-state index >= 15 is 0 Å². The van der Waals surface area contributed by atoms with Crippen LogP contribution in [-0.4, -0.2) is 40.0 Å². The lowest BCUT2D eigenvalue weighted by atomic mass is 10.1. The van der Waals surface area contributed by atoms with Crippen LogP contribution < -0.4 is 5.32 Å². The van der Waals surface area contributed by atoms with Crippen LogP contribution in [0.2, 0.25) is 0 Å². The summed E-state index contributed by atoms with van der Waals surface area (Å²) in [7, 11) is 3.47. The van der Waals surface area contributed by atoms with Crippen LogP contribution in [0, 0.1) is 0 Å². The maximum Gasteiger partial charge on any atom is 0.0477 e. The van der Waals surface area contributed by atoms with E-state index in [0.29, 0.717) is 6.04 Å². The molecule has 0 heterocycles. The third kappa shape index (κ3) is 6.58. The number of hydrogen-bond acceptors (Lipinski definition) is 3. The van der Waals surface area contributed by atoms with Crippen LogP contribution in [0.5, 0.6) is 0 Å². The Morgan fingerprint density at radius 1 is 1.08 bits per heavy atom. The summed E-state index contributed by atoms with van der Waals surface area (Å²) in [6, 6.07) is 0.537. The standard InChI is InChI=1S/C9H21NO2/c1-4-10-9(5-7-11-2)6-8-12-3/h9-10H,4-8H2,1-3H3. The van der Waals surface area contributed by atoms with E-state index in [9.17, 15) is 0 Å². The summed E-state index contributed by atoms with van der Waals surface area (Å²) in [4.78, 5) is 0. The Kier molecular flexibility index (Phi) is 8.88. The number of rotatable bonds is 8. The van der Waals surface area contributed by atoms with Gasteiger partial charge in [0.2, 0.25) is 0 Å². The molecule has 0 aromatic carbocycles. The third-order valence-electron chi connectivity index (χ3n) is 1.83. The van der Waals surface area contributed by atoms with Crippen LogP contribution >= 0.6 is 0 Å². The van der Waals surface area contributed by atoms with Crippen molar-refractivity contribution in [2.45, 2.75) is 25.8 Å². The molecule has 0 radical (unpaired) electrons. The lowest BCUT2D eigenvalue weighted by Crippen LogP contribution is -2.31. The second-order valence-electron chi connectivity index (χ2n) is 2.82. The van der Waals surface area contributed by atoms with Gasteiger partial charge in [-0.2, -0.15) is 0 Å². The largest absolute Gasteiger partial charge is 0.385 e. The lowest BCUT2D eigenvalue weighted by molar-refractivity contribution is 0.156. The van der Waals surface area contributed by atoms with Crippen molar-refractivity contribution >= 4 is 0 Å². The Morgan fingerprint density at radius 3 is 1.92 bits per heavy atom. The van der Waals surface area contributed by atoms with Crippen LogP contribution in [0.4, 0.5) is 0 Å². The van der Waals surface area contributed by atoms with Gasteiger partial charge >= 0.3 is 0 Å². The molecule has 0 spiro atoms. The average Bonchev–Trinajstić information content (AvgIpc) is 2.10. The van der Waals surface area contributed by atoms with E-state index in [1.165, 1.54) is 0 Å². The van der Waals surface area contributed by atoms with Crippen LogP contribution in [0.3, 0.4) is 0 Å². The molecule has 0 aliphatic heterocycles. The monoisotopic (exact) mass is 175 g/mol. The number of nitrogens with one attached hydrogen (secondary N) is 1. The van der Waals surface area contributed by atoms with Gasteiger partial charge in [0.05, 0.1) is 0 Å². The van der Waals surface area contributed by atoms with Crippen molar-refractivity contribution in [3.8, 4) is 0 Å². The van der Waals surface area contributed by atoms with Gasteiger partial charge in [-0.05, 0) is 19.4 Å². The minimum atomic E-state index is 0.537. The van der Waals surface area contributed by atoms with Gasteiger partial charge in [-0.15, -0.1) is 0 Å². The average molecular weight is 175 g/mol. The zero-order valence-corrected chi connectivity index (χ0v) is 8.43. The van der Waals surface area contributed by atoms with Crippen molar-refractivity contribution in [2.24, 2.45) is 0 Å². The number of methoxy groups -OCH3 is 2. The molecule has 0 aliphatic carbocycles. The molecule has 0 saturated carbocycles. The molecule has 0 bridgehead atoms. The molecule has 0 rings (SSSR count). The molecule has 3 nitrogen and oxygen atoms in total. The molecule has 74 valence electrons. The van der Waals surface area contributed by atoms with Gasteiger partial charge in [0.25, 0.3) is 0 Å². The number of hydrogen-bond donors (Lipinski definition) is 1. The first-order valence-electron chi connectivity index (χ1n) is 4.56. The van der Waals surface area contributed by atoms with Crippen LogP contribution in [0.15, 0.2) is 0 Å². The van der Waals surface area contributed by atoms with Crippen molar-refractivity contribution in [2.75, 3.05) is 34.0 Å². The van der Waals surface area contributed by atoms with E-state index in [4.69, 9.17) is 9.47 Å². The van der Waals surface area contributed by atoms with E-state index in [1.807, 2.05) is 0 Å².